The molecule has 0 aromatic heterocycles. The molecule has 2 rings (SSSR count). The second kappa shape index (κ2) is 6.27. The molecule has 0 spiro atoms. The average Bonchev–Trinajstić information content (AvgIpc) is 2.92. The number of hydrogen-bond donors (Lipinski definition) is 2. The lowest BCUT2D eigenvalue weighted by Crippen LogP contribution is -2.46. The second-order valence-corrected chi connectivity index (χ2v) is 6.04. The third kappa shape index (κ3) is 3.97. The summed E-state index contributed by atoms with van der Waals surface area (Å²) in [5.41, 5.74) is -0.0406. The van der Waals surface area contributed by atoms with E-state index in [1.54, 1.807) is 26.0 Å². The maximum absolute atomic E-state index is 12.0. The van der Waals surface area contributed by atoms with Gasteiger partial charge >= 0.3 is 0 Å². The first kappa shape index (κ1) is 14.9. The maximum Gasteiger partial charge on any atom is 0.251 e. The minimum absolute atomic E-state index is 0.0956. The Balaban J connectivity index is 1.95. The molecule has 1 aromatic carbocycles. The summed E-state index contributed by atoms with van der Waals surface area (Å²) >= 11 is 0. The van der Waals surface area contributed by atoms with Crippen LogP contribution in [0.2, 0.25) is 0 Å². The Morgan fingerprint density at radius 1 is 1.30 bits per heavy atom. The van der Waals surface area contributed by atoms with Crippen molar-refractivity contribution >= 4 is 5.91 Å². The summed E-state index contributed by atoms with van der Waals surface area (Å²) in [4.78, 5) is 12.0. The third-order valence-electron chi connectivity index (χ3n) is 3.57. The molecule has 0 aliphatic heterocycles. The molecule has 1 saturated carbocycles. The standard InChI is InChI=1S/C16H23NO3/c1-16(2,11-18)17-15(19)12-7-9-14(10-8-12)20-13-5-3-4-6-13/h7-10,13,18H,3-6,11H2,1-2H3,(H,17,19). The van der Waals surface area contributed by atoms with Crippen molar-refractivity contribution in [3.05, 3.63) is 29.8 Å². The van der Waals surface area contributed by atoms with E-state index in [2.05, 4.69) is 5.32 Å². The van der Waals surface area contributed by atoms with Crippen LogP contribution in [0.4, 0.5) is 0 Å². The van der Waals surface area contributed by atoms with Gasteiger partial charge in [0.1, 0.15) is 5.75 Å². The van der Waals surface area contributed by atoms with Crippen LogP contribution in [0.25, 0.3) is 0 Å². The van der Waals surface area contributed by atoms with Gasteiger partial charge in [-0.2, -0.15) is 0 Å². The van der Waals surface area contributed by atoms with Crippen LogP contribution in [0.1, 0.15) is 49.9 Å². The predicted molar refractivity (Wildman–Crippen MR) is 78.0 cm³/mol. The molecule has 1 aromatic rings. The van der Waals surface area contributed by atoms with E-state index >= 15 is 0 Å². The molecule has 4 nitrogen and oxygen atoms in total. The van der Waals surface area contributed by atoms with Crippen molar-refractivity contribution < 1.29 is 14.6 Å². The van der Waals surface area contributed by atoms with Crippen molar-refractivity contribution in [1.82, 2.24) is 5.32 Å². The Labute approximate surface area is 120 Å². The van der Waals surface area contributed by atoms with E-state index in [0.29, 0.717) is 11.7 Å². The minimum atomic E-state index is -0.615. The number of rotatable bonds is 5. The van der Waals surface area contributed by atoms with E-state index in [4.69, 9.17) is 9.84 Å². The van der Waals surface area contributed by atoms with E-state index in [0.717, 1.165) is 18.6 Å². The highest BCUT2D eigenvalue weighted by molar-refractivity contribution is 5.94. The van der Waals surface area contributed by atoms with Crippen LogP contribution < -0.4 is 10.1 Å². The van der Waals surface area contributed by atoms with E-state index < -0.39 is 5.54 Å². The first-order valence-electron chi connectivity index (χ1n) is 7.20. The summed E-state index contributed by atoms with van der Waals surface area (Å²) in [6, 6.07) is 7.18. The molecule has 1 aliphatic rings. The zero-order valence-electron chi connectivity index (χ0n) is 12.2. The van der Waals surface area contributed by atoms with Crippen LogP contribution in [0, 0.1) is 0 Å². The lowest BCUT2D eigenvalue weighted by Gasteiger charge is -2.23. The normalized spacial score (nSPS) is 16.1. The minimum Gasteiger partial charge on any atom is -0.490 e. The lowest BCUT2D eigenvalue weighted by atomic mass is 10.1. The van der Waals surface area contributed by atoms with Gasteiger partial charge < -0.3 is 15.2 Å². The van der Waals surface area contributed by atoms with Gasteiger partial charge in [0.2, 0.25) is 0 Å². The summed E-state index contributed by atoms with van der Waals surface area (Å²) < 4.78 is 5.86. The molecule has 1 fully saturated rings. The van der Waals surface area contributed by atoms with Gasteiger partial charge in [-0.15, -0.1) is 0 Å². The lowest BCUT2D eigenvalue weighted by molar-refractivity contribution is 0.0869. The van der Waals surface area contributed by atoms with E-state index in [9.17, 15) is 4.79 Å². The third-order valence-corrected chi connectivity index (χ3v) is 3.57. The zero-order chi connectivity index (χ0) is 14.6. The van der Waals surface area contributed by atoms with Gasteiger partial charge in [0, 0.05) is 5.56 Å². The number of nitrogens with one attached hydrogen (secondary N) is 1. The van der Waals surface area contributed by atoms with Gasteiger partial charge in [-0.3, -0.25) is 4.79 Å². The summed E-state index contributed by atoms with van der Waals surface area (Å²) in [6.45, 7) is 3.46. The smallest absolute Gasteiger partial charge is 0.251 e. The summed E-state index contributed by atoms with van der Waals surface area (Å²) in [7, 11) is 0. The number of carbonyl (C=O) groups is 1. The number of benzene rings is 1. The molecule has 1 amide bonds. The number of amides is 1. The summed E-state index contributed by atoms with van der Waals surface area (Å²) in [5, 5.41) is 11.9. The van der Waals surface area contributed by atoms with Crippen LogP contribution in [0.5, 0.6) is 5.75 Å². The predicted octanol–water partition coefficient (Wildman–Crippen LogP) is 2.51. The first-order valence-corrected chi connectivity index (χ1v) is 7.20. The summed E-state index contributed by atoms with van der Waals surface area (Å²) in [5.74, 6) is 0.631. The fourth-order valence-corrected chi connectivity index (χ4v) is 2.30. The number of carbonyl (C=O) groups excluding carboxylic acids is 1. The van der Waals surface area contributed by atoms with Crippen molar-refractivity contribution in [2.24, 2.45) is 0 Å². The SMILES string of the molecule is CC(C)(CO)NC(=O)c1ccc(OC2CCCC2)cc1. The molecular weight excluding hydrogens is 254 g/mol. The highest BCUT2D eigenvalue weighted by atomic mass is 16.5. The molecule has 20 heavy (non-hydrogen) atoms. The van der Waals surface area contributed by atoms with E-state index in [-0.39, 0.29) is 12.5 Å². The topological polar surface area (TPSA) is 58.6 Å². The molecule has 0 atom stereocenters. The molecule has 0 unspecified atom stereocenters. The Morgan fingerprint density at radius 3 is 2.45 bits per heavy atom. The van der Waals surface area contributed by atoms with Gasteiger partial charge in [0.15, 0.2) is 0 Å². The molecule has 0 bridgehead atoms. The van der Waals surface area contributed by atoms with Crippen LogP contribution >= 0.6 is 0 Å². The molecule has 110 valence electrons. The molecule has 0 saturated heterocycles. The molecule has 4 heteroatoms. The quantitative estimate of drug-likeness (QED) is 0.869. The van der Waals surface area contributed by atoms with Crippen molar-refractivity contribution in [3.63, 3.8) is 0 Å². The highest BCUT2D eigenvalue weighted by Crippen LogP contribution is 2.24. The monoisotopic (exact) mass is 277 g/mol. The Hall–Kier alpha value is -1.55. The first-order chi connectivity index (χ1) is 9.50. The molecule has 0 radical (unpaired) electrons. The van der Waals surface area contributed by atoms with E-state index in [1.165, 1.54) is 12.8 Å². The zero-order valence-corrected chi connectivity index (χ0v) is 12.2. The highest BCUT2D eigenvalue weighted by Gasteiger charge is 2.20. The van der Waals surface area contributed by atoms with Crippen molar-refractivity contribution in [3.8, 4) is 5.75 Å². The number of hydrogen-bond acceptors (Lipinski definition) is 3. The van der Waals surface area contributed by atoms with Gasteiger partial charge in [0.05, 0.1) is 18.2 Å². The van der Waals surface area contributed by atoms with E-state index in [1.807, 2.05) is 12.1 Å². The van der Waals surface area contributed by atoms with Gasteiger partial charge in [-0.05, 0) is 63.8 Å². The van der Waals surface area contributed by atoms with Gasteiger partial charge in [-0.1, -0.05) is 0 Å². The number of aliphatic hydroxyl groups is 1. The van der Waals surface area contributed by atoms with Crippen molar-refractivity contribution in [2.75, 3.05) is 6.61 Å². The van der Waals surface area contributed by atoms with Crippen LogP contribution in [-0.2, 0) is 0 Å². The van der Waals surface area contributed by atoms with Crippen molar-refractivity contribution in [2.45, 2.75) is 51.2 Å². The molecule has 2 N–H and O–H groups in total. The molecular formula is C16H23NO3. The van der Waals surface area contributed by atoms with Gasteiger partial charge in [-0.25, -0.2) is 0 Å². The Morgan fingerprint density at radius 2 is 1.90 bits per heavy atom. The van der Waals surface area contributed by atoms with Crippen molar-refractivity contribution in [1.29, 1.82) is 0 Å². The fourth-order valence-electron chi connectivity index (χ4n) is 2.30. The van der Waals surface area contributed by atoms with Crippen LogP contribution in [-0.4, -0.2) is 29.3 Å². The fraction of sp³-hybridized carbons (Fsp3) is 0.562. The largest absolute Gasteiger partial charge is 0.490 e. The van der Waals surface area contributed by atoms with Crippen LogP contribution in [0.15, 0.2) is 24.3 Å². The number of aliphatic hydroxyl groups excluding tert-OH is 1. The molecule has 0 heterocycles. The van der Waals surface area contributed by atoms with Crippen LogP contribution in [0.3, 0.4) is 0 Å². The Kier molecular flexibility index (Phi) is 4.65. The second-order valence-electron chi connectivity index (χ2n) is 6.04. The van der Waals surface area contributed by atoms with Gasteiger partial charge in [0.25, 0.3) is 5.91 Å². The Bertz CT molecular complexity index is 447. The maximum atomic E-state index is 12.0. The average molecular weight is 277 g/mol. The molecule has 1 aliphatic carbocycles. The number of ether oxygens (including phenoxy) is 1. The summed E-state index contributed by atoms with van der Waals surface area (Å²) in [6.07, 6.45) is 5.03.